The lowest BCUT2D eigenvalue weighted by Gasteiger charge is -2.04. The van der Waals surface area contributed by atoms with Gasteiger partial charge in [0.25, 0.3) is 0 Å². The van der Waals surface area contributed by atoms with Crippen molar-refractivity contribution in [1.29, 1.82) is 0 Å². The van der Waals surface area contributed by atoms with Crippen LogP contribution in [0.5, 0.6) is 0 Å². The molecule has 0 aliphatic rings. The molecule has 4 heteroatoms. The zero-order valence-corrected chi connectivity index (χ0v) is 11.2. The van der Waals surface area contributed by atoms with Crippen LogP contribution in [0.2, 0.25) is 0 Å². The molecular formula is C14H17NO2S. The Hall–Kier alpha value is -1.44. The molecule has 3 nitrogen and oxygen atoms in total. The van der Waals surface area contributed by atoms with E-state index in [2.05, 4.69) is 17.2 Å². The van der Waals surface area contributed by atoms with E-state index in [0.717, 1.165) is 16.9 Å². The van der Waals surface area contributed by atoms with Crippen molar-refractivity contribution in [1.82, 2.24) is 5.32 Å². The summed E-state index contributed by atoms with van der Waals surface area (Å²) >= 11 is 1.56. The highest BCUT2D eigenvalue weighted by atomic mass is 32.2. The van der Waals surface area contributed by atoms with E-state index in [1.54, 1.807) is 11.8 Å². The monoisotopic (exact) mass is 263 g/mol. The molecule has 18 heavy (non-hydrogen) atoms. The number of thioether (sulfide) groups is 1. The van der Waals surface area contributed by atoms with Crippen LogP contribution in [0.4, 0.5) is 0 Å². The summed E-state index contributed by atoms with van der Waals surface area (Å²) in [6, 6.07) is 7.78. The van der Waals surface area contributed by atoms with E-state index in [1.807, 2.05) is 31.2 Å². The Bertz CT molecular complexity index is 449. The van der Waals surface area contributed by atoms with Crippen molar-refractivity contribution in [2.75, 3.05) is 18.9 Å². The first-order valence-corrected chi connectivity index (χ1v) is 6.95. The molecule has 0 spiro atoms. The Morgan fingerprint density at radius 2 is 2.22 bits per heavy atom. The Morgan fingerprint density at radius 3 is 2.94 bits per heavy atom. The number of rotatable bonds is 5. The Morgan fingerprint density at radius 1 is 1.44 bits per heavy atom. The third-order valence-electron chi connectivity index (χ3n) is 2.18. The van der Waals surface area contributed by atoms with Crippen molar-refractivity contribution in [2.45, 2.75) is 12.7 Å². The van der Waals surface area contributed by atoms with Crippen LogP contribution >= 0.6 is 11.8 Å². The van der Waals surface area contributed by atoms with Gasteiger partial charge in [-0.3, -0.25) is 4.79 Å². The molecule has 96 valence electrons. The maximum atomic E-state index is 11.3. The first kappa shape index (κ1) is 14.6. The molecule has 1 rings (SSSR count). The first-order valence-electron chi connectivity index (χ1n) is 5.80. The smallest absolute Gasteiger partial charge is 0.229 e. The van der Waals surface area contributed by atoms with Crippen molar-refractivity contribution in [3.05, 3.63) is 35.4 Å². The van der Waals surface area contributed by atoms with Crippen LogP contribution in [0.1, 0.15) is 18.1 Å². The van der Waals surface area contributed by atoms with Crippen molar-refractivity contribution in [3.63, 3.8) is 0 Å². The van der Waals surface area contributed by atoms with Crippen LogP contribution in [0.3, 0.4) is 0 Å². The number of hydrogen-bond donors (Lipinski definition) is 2. The van der Waals surface area contributed by atoms with E-state index in [1.165, 1.54) is 0 Å². The zero-order valence-electron chi connectivity index (χ0n) is 10.4. The average molecular weight is 263 g/mol. The van der Waals surface area contributed by atoms with Crippen LogP contribution in [0, 0.1) is 11.8 Å². The van der Waals surface area contributed by atoms with Gasteiger partial charge >= 0.3 is 0 Å². The fraction of sp³-hybridized carbons (Fsp3) is 0.357. The van der Waals surface area contributed by atoms with Gasteiger partial charge in [0, 0.05) is 17.9 Å². The second kappa shape index (κ2) is 8.62. The minimum Gasteiger partial charge on any atom is -0.384 e. The van der Waals surface area contributed by atoms with Crippen LogP contribution in [0.15, 0.2) is 24.3 Å². The van der Waals surface area contributed by atoms with Crippen LogP contribution < -0.4 is 5.32 Å². The van der Waals surface area contributed by atoms with Crippen molar-refractivity contribution < 1.29 is 9.90 Å². The summed E-state index contributed by atoms with van der Waals surface area (Å²) in [6.07, 6.45) is 0. The van der Waals surface area contributed by atoms with E-state index in [0.29, 0.717) is 12.3 Å². The lowest BCUT2D eigenvalue weighted by atomic mass is 10.1. The van der Waals surface area contributed by atoms with Gasteiger partial charge in [0.1, 0.15) is 6.61 Å². The van der Waals surface area contributed by atoms with Gasteiger partial charge < -0.3 is 10.4 Å². The van der Waals surface area contributed by atoms with Gasteiger partial charge in [0.05, 0.1) is 5.75 Å². The number of aliphatic hydroxyl groups is 1. The molecule has 1 amide bonds. The fourth-order valence-corrected chi connectivity index (χ4v) is 2.27. The molecule has 0 heterocycles. The summed E-state index contributed by atoms with van der Waals surface area (Å²) in [4.78, 5) is 11.3. The van der Waals surface area contributed by atoms with Crippen LogP contribution in [-0.4, -0.2) is 29.9 Å². The van der Waals surface area contributed by atoms with E-state index >= 15 is 0 Å². The number of amides is 1. The summed E-state index contributed by atoms with van der Waals surface area (Å²) in [7, 11) is 0. The third-order valence-corrected chi connectivity index (χ3v) is 3.17. The Balaban J connectivity index is 2.54. The predicted octanol–water partition coefficient (Wildman–Crippen LogP) is 1.40. The SMILES string of the molecule is CCNC(=O)CSCc1ccccc1C#CCO. The number of nitrogens with one attached hydrogen (secondary N) is 1. The summed E-state index contributed by atoms with van der Waals surface area (Å²) < 4.78 is 0. The van der Waals surface area contributed by atoms with Gasteiger partial charge in [-0.15, -0.1) is 11.8 Å². The highest BCUT2D eigenvalue weighted by Crippen LogP contribution is 2.15. The third kappa shape index (κ3) is 5.26. The van der Waals surface area contributed by atoms with E-state index in [-0.39, 0.29) is 12.5 Å². The normalized spacial score (nSPS) is 9.44. The lowest BCUT2D eigenvalue weighted by Crippen LogP contribution is -2.24. The average Bonchev–Trinajstić information content (AvgIpc) is 2.38. The molecule has 1 aromatic rings. The molecule has 0 aromatic heterocycles. The second-order valence-corrected chi connectivity index (χ2v) is 4.55. The molecule has 0 fully saturated rings. The van der Waals surface area contributed by atoms with E-state index < -0.39 is 0 Å². The minimum atomic E-state index is -0.139. The summed E-state index contributed by atoms with van der Waals surface area (Å²) in [6.45, 7) is 2.43. The lowest BCUT2D eigenvalue weighted by molar-refractivity contribution is -0.118. The molecule has 0 radical (unpaired) electrons. The summed E-state index contributed by atoms with van der Waals surface area (Å²) in [5.74, 6) is 6.81. The second-order valence-electron chi connectivity index (χ2n) is 3.56. The molecule has 0 saturated heterocycles. The van der Waals surface area contributed by atoms with Gasteiger partial charge in [-0.05, 0) is 18.6 Å². The molecule has 0 aliphatic heterocycles. The van der Waals surface area contributed by atoms with Crippen LogP contribution in [0.25, 0.3) is 0 Å². The molecular weight excluding hydrogens is 246 g/mol. The van der Waals surface area contributed by atoms with Crippen molar-refractivity contribution >= 4 is 17.7 Å². The Kier molecular flexibility index (Phi) is 7.00. The topological polar surface area (TPSA) is 49.3 Å². The van der Waals surface area contributed by atoms with Gasteiger partial charge in [0.2, 0.25) is 5.91 Å². The number of aliphatic hydroxyl groups excluding tert-OH is 1. The van der Waals surface area contributed by atoms with E-state index in [9.17, 15) is 4.79 Å². The zero-order chi connectivity index (χ0) is 13.2. The summed E-state index contributed by atoms with van der Waals surface area (Å²) in [5, 5.41) is 11.5. The number of carbonyl (C=O) groups is 1. The molecule has 1 aromatic carbocycles. The molecule has 0 aliphatic carbocycles. The molecule has 0 saturated carbocycles. The maximum absolute atomic E-state index is 11.3. The van der Waals surface area contributed by atoms with Crippen molar-refractivity contribution in [3.8, 4) is 11.8 Å². The molecule has 0 unspecified atom stereocenters. The van der Waals surface area contributed by atoms with Gasteiger partial charge in [-0.25, -0.2) is 0 Å². The first-order chi connectivity index (χ1) is 8.77. The number of benzene rings is 1. The highest BCUT2D eigenvalue weighted by molar-refractivity contribution is 7.99. The van der Waals surface area contributed by atoms with Gasteiger partial charge in [-0.2, -0.15) is 0 Å². The maximum Gasteiger partial charge on any atom is 0.229 e. The van der Waals surface area contributed by atoms with Gasteiger partial charge in [0.15, 0.2) is 0 Å². The molecule has 0 atom stereocenters. The molecule has 0 bridgehead atoms. The number of hydrogen-bond acceptors (Lipinski definition) is 3. The van der Waals surface area contributed by atoms with Crippen LogP contribution in [-0.2, 0) is 10.5 Å². The summed E-state index contributed by atoms with van der Waals surface area (Å²) in [5.41, 5.74) is 2.00. The largest absolute Gasteiger partial charge is 0.384 e. The Labute approximate surface area is 112 Å². The predicted molar refractivity (Wildman–Crippen MR) is 75.3 cm³/mol. The number of carbonyl (C=O) groups excluding carboxylic acids is 1. The fourth-order valence-electron chi connectivity index (χ4n) is 1.40. The minimum absolute atomic E-state index is 0.0569. The van der Waals surface area contributed by atoms with E-state index in [4.69, 9.17) is 5.11 Å². The van der Waals surface area contributed by atoms with Crippen molar-refractivity contribution in [2.24, 2.45) is 0 Å². The quantitative estimate of drug-likeness (QED) is 0.790. The highest BCUT2D eigenvalue weighted by Gasteiger charge is 2.02. The molecule has 2 N–H and O–H groups in total. The van der Waals surface area contributed by atoms with Gasteiger partial charge in [-0.1, -0.05) is 30.0 Å². The standard InChI is InChI=1S/C14H17NO2S/c1-2-15-14(17)11-18-10-13-7-4-3-6-12(13)8-5-9-16/h3-4,6-7,16H,2,9-11H2,1H3,(H,15,17).